The van der Waals surface area contributed by atoms with Gasteiger partial charge in [-0.05, 0) is 34.9 Å². The molecule has 2 fully saturated rings. The average Bonchev–Trinajstić information content (AvgIpc) is 2.91. The van der Waals surface area contributed by atoms with Crippen molar-refractivity contribution in [3.63, 3.8) is 0 Å². The lowest BCUT2D eigenvalue weighted by atomic mass is 10.0. The fraction of sp³-hybridized carbons (Fsp3) is 0.444. The number of amides is 1. The van der Waals surface area contributed by atoms with Gasteiger partial charge in [0.1, 0.15) is 0 Å². The van der Waals surface area contributed by atoms with Gasteiger partial charge in [-0.3, -0.25) is 24.1 Å². The summed E-state index contributed by atoms with van der Waals surface area (Å²) < 4.78 is 12.7. The molecule has 2 aromatic carbocycles. The molecule has 0 unspecified atom stereocenters. The number of ether oxygens (including phenoxy) is 2. The van der Waals surface area contributed by atoms with Crippen LogP contribution in [0.4, 0.5) is 0 Å². The third-order valence-corrected chi connectivity index (χ3v) is 7.12. The number of benzene rings is 2. The molecule has 10 heteroatoms. The Morgan fingerprint density at radius 2 is 1.57 bits per heavy atom. The van der Waals surface area contributed by atoms with Crippen LogP contribution in [0, 0.1) is 0 Å². The Hall–Kier alpha value is -2.82. The lowest BCUT2D eigenvalue weighted by molar-refractivity contribution is 0.0335. The van der Waals surface area contributed by atoms with Crippen LogP contribution in [0.3, 0.4) is 0 Å². The van der Waals surface area contributed by atoms with Crippen molar-refractivity contribution >= 4 is 28.4 Å². The molecule has 196 valence electrons. The van der Waals surface area contributed by atoms with Crippen LogP contribution >= 0.6 is 11.6 Å². The zero-order valence-corrected chi connectivity index (χ0v) is 21.8. The number of morpholine rings is 2. The molecule has 0 radical (unpaired) electrons. The fourth-order valence-electron chi connectivity index (χ4n) is 4.94. The second kappa shape index (κ2) is 11.7. The monoisotopic (exact) mass is 525 g/mol. The van der Waals surface area contributed by atoms with Crippen molar-refractivity contribution in [3.8, 4) is 0 Å². The zero-order valence-electron chi connectivity index (χ0n) is 21.0. The summed E-state index contributed by atoms with van der Waals surface area (Å²) in [5, 5.41) is 8.40. The van der Waals surface area contributed by atoms with Crippen LogP contribution in [0.5, 0.6) is 0 Å². The number of nitrogens with zero attached hydrogens (tertiary/aromatic N) is 4. The SMILES string of the molecule is Cn1nc(C(=O)NCc2ccc(Cl)cc2)c(=O)c2cc(CN3CCOCC3)cc(CN3CCOCC3)c21. The minimum absolute atomic E-state index is 0.107. The number of carbonyl (C=O) groups is 1. The summed E-state index contributed by atoms with van der Waals surface area (Å²) in [4.78, 5) is 31.3. The number of rotatable bonds is 7. The van der Waals surface area contributed by atoms with Gasteiger partial charge >= 0.3 is 0 Å². The molecule has 0 aliphatic carbocycles. The Kier molecular flexibility index (Phi) is 8.17. The summed E-state index contributed by atoms with van der Waals surface area (Å²) >= 11 is 5.95. The van der Waals surface area contributed by atoms with Gasteiger partial charge in [0, 0.05) is 57.9 Å². The number of fused-ring (bicyclic) bond motifs is 1. The van der Waals surface area contributed by atoms with E-state index in [2.05, 4.69) is 26.3 Å². The molecule has 0 saturated carbocycles. The van der Waals surface area contributed by atoms with Gasteiger partial charge in [0.15, 0.2) is 5.69 Å². The molecule has 1 amide bonds. The van der Waals surface area contributed by atoms with E-state index in [1.807, 2.05) is 18.2 Å². The molecule has 1 aromatic heterocycles. The molecule has 0 bridgehead atoms. The highest BCUT2D eigenvalue weighted by Gasteiger charge is 2.22. The van der Waals surface area contributed by atoms with Crippen LogP contribution in [0.1, 0.15) is 27.2 Å². The van der Waals surface area contributed by atoms with E-state index in [1.54, 1.807) is 23.9 Å². The van der Waals surface area contributed by atoms with Crippen LogP contribution in [0.25, 0.3) is 10.9 Å². The van der Waals surface area contributed by atoms with E-state index in [1.165, 1.54) is 0 Å². The third kappa shape index (κ3) is 6.19. The maximum Gasteiger partial charge on any atom is 0.276 e. The predicted octanol–water partition coefficient (Wildman–Crippen LogP) is 2.18. The quantitative estimate of drug-likeness (QED) is 0.506. The second-order valence-electron chi connectivity index (χ2n) is 9.54. The second-order valence-corrected chi connectivity index (χ2v) is 9.98. The number of halogens is 1. The highest BCUT2D eigenvalue weighted by atomic mass is 35.5. The first kappa shape index (κ1) is 25.8. The van der Waals surface area contributed by atoms with Crippen molar-refractivity contribution in [3.05, 3.63) is 74.0 Å². The van der Waals surface area contributed by atoms with E-state index in [9.17, 15) is 9.59 Å². The van der Waals surface area contributed by atoms with Gasteiger partial charge in [-0.15, -0.1) is 0 Å². The van der Waals surface area contributed by atoms with Gasteiger partial charge in [0.25, 0.3) is 5.91 Å². The maximum absolute atomic E-state index is 13.6. The molecule has 2 saturated heterocycles. The van der Waals surface area contributed by atoms with Crippen LogP contribution < -0.4 is 10.7 Å². The number of aryl methyl sites for hydroxylation is 1. The molecule has 37 heavy (non-hydrogen) atoms. The molecule has 3 aromatic rings. The molecule has 0 atom stereocenters. The van der Waals surface area contributed by atoms with Gasteiger partial charge < -0.3 is 14.8 Å². The fourth-order valence-corrected chi connectivity index (χ4v) is 5.06. The van der Waals surface area contributed by atoms with Crippen molar-refractivity contribution in [2.75, 3.05) is 52.6 Å². The minimum atomic E-state index is -0.495. The number of hydrogen-bond donors (Lipinski definition) is 1. The van der Waals surface area contributed by atoms with Gasteiger partial charge in [-0.1, -0.05) is 29.8 Å². The average molecular weight is 526 g/mol. The van der Waals surface area contributed by atoms with E-state index < -0.39 is 5.91 Å². The maximum atomic E-state index is 13.6. The highest BCUT2D eigenvalue weighted by Crippen LogP contribution is 2.22. The normalized spacial score (nSPS) is 17.2. The molecular weight excluding hydrogens is 494 g/mol. The summed E-state index contributed by atoms with van der Waals surface area (Å²) in [6.45, 7) is 7.86. The zero-order chi connectivity index (χ0) is 25.8. The van der Waals surface area contributed by atoms with Crippen LogP contribution in [0.2, 0.25) is 5.02 Å². The van der Waals surface area contributed by atoms with Crippen molar-refractivity contribution in [1.29, 1.82) is 0 Å². The van der Waals surface area contributed by atoms with E-state index in [0.29, 0.717) is 43.4 Å². The molecule has 2 aliphatic rings. The molecule has 9 nitrogen and oxygen atoms in total. The summed E-state index contributed by atoms with van der Waals surface area (Å²) in [6, 6.07) is 11.3. The van der Waals surface area contributed by atoms with Crippen LogP contribution in [0.15, 0.2) is 41.2 Å². The van der Waals surface area contributed by atoms with E-state index in [-0.39, 0.29) is 17.7 Å². The Labute approximate surface area is 220 Å². The lowest BCUT2D eigenvalue weighted by Crippen LogP contribution is -2.37. The van der Waals surface area contributed by atoms with E-state index >= 15 is 0 Å². The number of aromatic nitrogens is 2. The standard InChI is InChI=1S/C27H32ClN5O4/c1-31-25-21(18-33-8-12-37-13-9-33)14-20(17-32-6-10-36-11-7-32)15-23(25)26(34)24(30-31)27(35)29-16-19-2-4-22(28)5-3-19/h2-5,14-15H,6-13,16-18H2,1H3,(H,29,35). The Balaban J connectivity index is 1.48. The van der Waals surface area contributed by atoms with Crippen molar-refractivity contribution < 1.29 is 14.3 Å². The summed E-state index contributed by atoms with van der Waals surface area (Å²) in [5.41, 5.74) is 3.27. The van der Waals surface area contributed by atoms with Gasteiger partial charge in [-0.25, -0.2) is 0 Å². The first-order valence-electron chi connectivity index (χ1n) is 12.6. The largest absolute Gasteiger partial charge is 0.379 e. The summed E-state index contributed by atoms with van der Waals surface area (Å²) in [6.07, 6.45) is 0. The number of hydrogen-bond acceptors (Lipinski definition) is 7. The van der Waals surface area contributed by atoms with Gasteiger partial charge in [-0.2, -0.15) is 5.10 Å². The summed E-state index contributed by atoms with van der Waals surface area (Å²) in [5.74, 6) is -0.495. The first-order valence-corrected chi connectivity index (χ1v) is 13.0. The van der Waals surface area contributed by atoms with Gasteiger partial charge in [0.2, 0.25) is 5.43 Å². The van der Waals surface area contributed by atoms with E-state index in [0.717, 1.165) is 54.9 Å². The minimum Gasteiger partial charge on any atom is -0.379 e. The summed E-state index contributed by atoms with van der Waals surface area (Å²) in [7, 11) is 1.79. The lowest BCUT2D eigenvalue weighted by Gasteiger charge is -2.29. The Morgan fingerprint density at radius 1 is 0.946 bits per heavy atom. The first-order chi connectivity index (χ1) is 18.0. The van der Waals surface area contributed by atoms with Crippen molar-refractivity contribution in [2.24, 2.45) is 7.05 Å². The van der Waals surface area contributed by atoms with Crippen molar-refractivity contribution in [2.45, 2.75) is 19.6 Å². The number of nitrogens with one attached hydrogen (secondary N) is 1. The molecule has 2 aliphatic heterocycles. The predicted molar refractivity (Wildman–Crippen MR) is 142 cm³/mol. The molecule has 1 N–H and O–H groups in total. The Bertz CT molecular complexity index is 1320. The van der Waals surface area contributed by atoms with E-state index in [4.69, 9.17) is 21.1 Å². The van der Waals surface area contributed by atoms with Crippen molar-refractivity contribution in [1.82, 2.24) is 24.9 Å². The molecule has 0 spiro atoms. The number of carbonyl (C=O) groups excluding carboxylic acids is 1. The smallest absolute Gasteiger partial charge is 0.276 e. The molecule has 5 rings (SSSR count). The topological polar surface area (TPSA) is 88.9 Å². The Morgan fingerprint density at radius 3 is 2.22 bits per heavy atom. The molecular formula is C27H32ClN5O4. The third-order valence-electron chi connectivity index (χ3n) is 6.87. The highest BCUT2D eigenvalue weighted by molar-refractivity contribution is 6.30. The van der Waals surface area contributed by atoms with Crippen LogP contribution in [-0.4, -0.2) is 78.1 Å². The van der Waals surface area contributed by atoms with Gasteiger partial charge in [0.05, 0.1) is 37.3 Å². The molecule has 3 heterocycles. The van der Waals surface area contributed by atoms with Crippen LogP contribution in [-0.2, 0) is 36.2 Å².